The van der Waals surface area contributed by atoms with E-state index in [1.54, 1.807) is 11.1 Å². The summed E-state index contributed by atoms with van der Waals surface area (Å²) in [4.78, 5) is 0. The number of thiophene rings is 1. The van der Waals surface area contributed by atoms with E-state index in [-0.39, 0.29) is 5.41 Å². The van der Waals surface area contributed by atoms with Gasteiger partial charge in [0.1, 0.15) is 0 Å². The summed E-state index contributed by atoms with van der Waals surface area (Å²) in [5.74, 6) is 3.29. The highest BCUT2D eigenvalue weighted by Gasteiger charge is 2.61. The minimum absolute atomic E-state index is 0.120. The van der Waals surface area contributed by atoms with E-state index in [1.807, 2.05) is 11.3 Å². The number of nitrogens with zero attached hydrogens (tertiary/aromatic N) is 2. The van der Waals surface area contributed by atoms with Gasteiger partial charge in [-0.2, -0.15) is 0 Å². The van der Waals surface area contributed by atoms with Gasteiger partial charge in [-0.25, -0.2) is 0 Å². The number of aromatic nitrogens is 2. The van der Waals surface area contributed by atoms with Crippen LogP contribution in [0.1, 0.15) is 43.2 Å². The maximum atomic E-state index is 2.65. The van der Waals surface area contributed by atoms with Crippen LogP contribution in [0.5, 0.6) is 0 Å². The molecule has 4 fully saturated rings. The van der Waals surface area contributed by atoms with Crippen LogP contribution in [-0.2, 0) is 5.41 Å². The average Bonchev–Trinajstić information content (AvgIpc) is 4.10. The van der Waals surface area contributed by atoms with E-state index in [2.05, 4.69) is 203 Å². The first-order valence-electron chi connectivity index (χ1n) is 24.5. The summed E-state index contributed by atoms with van der Waals surface area (Å²) in [6.07, 6.45) is 7.02. The molecule has 3 heteroatoms. The molecule has 1 spiro atoms. The summed E-state index contributed by atoms with van der Waals surface area (Å²) >= 11 is 1.88. The SMILES string of the molecule is c1ccc(-c2ccc3c(c2)c2cc(-c4ccc5c(c4)c4ccccc4n5-c4ccc5sc6ccccc6c5c4)ccc2n3-c2ccc3c(c2)C2(c4ccccc4-3)C3CC4CC(C3)CC2C4)cc1. The van der Waals surface area contributed by atoms with E-state index in [1.165, 1.54) is 141 Å². The molecule has 9 aromatic carbocycles. The molecule has 0 N–H and O–H groups in total. The highest BCUT2D eigenvalue weighted by Crippen LogP contribution is 2.69. The summed E-state index contributed by atoms with van der Waals surface area (Å²) in [7, 11) is 0. The third-order valence-electron chi connectivity index (χ3n) is 17.3. The molecular weight excluding hydrogens is 829 g/mol. The van der Waals surface area contributed by atoms with E-state index in [0.717, 1.165) is 23.7 Å². The second kappa shape index (κ2) is 13.5. The number of hydrogen-bond donors (Lipinski definition) is 0. The van der Waals surface area contributed by atoms with Crippen LogP contribution in [0.4, 0.5) is 0 Å². The number of fused-ring (bicyclic) bond motifs is 12. The van der Waals surface area contributed by atoms with Gasteiger partial charge in [-0.3, -0.25) is 0 Å². The Labute approximate surface area is 393 Å². The zero-order valence-electron chi connectivity index (χ0n) is 37.1. The molecule has 67 heavy (non-hydrogen) atoms. The van der Waals surface area contributed by atoms with Crippen molar-refractivity contribution in [3.63, 3.8) is 0 Å². The first-order chi connectivity index (χ1) is 33.2. The molecule has 0 aliphatic heterocycles. The molecule has 318 valence electrons. The molecule has 0 amide bonds. The van der Waals surface area contributed by atoms with Gasteiger partial charge in [0.25, 0.3) is 0 Å². The van der Waals surface area contributed by atoms with Gasteiger partial charge in [0.15, 0.2) is 0 Å². The monoisotopic (exact) mass is 874 g/mol. The lowest BCUT2D eigenvalue weighted by atomic mass is 9.43. The van der Waals surface area contributed by atoms with Gasteiger partial charge in [0.2, 0.25) is 0 Å². The zero-order chi connectivity index (χ0) is 43.5. The quantitative estimate of drug-likeness (QED) is 0.167. The van der Waals surface area contributed by atoms with Crippen LogP contribution in [0, 0.1) is 23.7 Å². The highest BCUT2D eigenvalue weighted by molar-refractivity contribution is 7.25. The van der Waals surface area contributed by atoms with Crippen molar-refractivity contribution in [2.45, 2.75) is 37.5 Å². The van der Waals surface area contributed by atoms with Gasteiger partial charge in [0, 0.05) is 58.5 Å². The van der Waals surface area contributed by atoms with Crippen molar-refractivity contribution in [3.05, 3.63) is 205 Å². The van der Waals surface area contributed by atoms with Crippen LogP contribution in [-0.4, -0.2) is 9.13 Å². The van der Waals surface area contributed by atoms with Crippen molar-refractivity contribution in [1.29, 1.82) is 0 Å². The second-order valence-corrected chi connectivity index (χ2v) is 21.6. The molecular formula is C64H46N2S. The largest absolute Gasteiger partial charge is 0.309 e. The fourth-order valence-corrected chi connectivity index (χ4v) is 15.9. The van der Waals surface area contributed by atoms with Gasteiger partial charge < -0.3 is 9.13 Å². The average molecular weight is 875 g/mol. The predicted molar refractivity (Wildman–Crippen MR) is 282 cm³/mol. The summed E-state index contributed by atoms with van der Waals surface area (Å²) in [6, 6.07) is 74.2. The Kier molecular flexibility index (Phi) is 7.42. The first kappa shape index (κ1) is 37.0. The van der Waals surface area contributed by atoms with Crippen LogP contribution in [0.25, 0.3) is 109 Å². The van der Waals surface area contributed by atoms with E-state index in [4.69, 9.17) is 0 Å². The van der Waals surface area contributed by atoms with E-state index < -0.39 is 0 Å². The van der Waals surface area contributed by atoms with Crippen LogP contribution in [0.3, 0.4) is 0 Å². The van der Waals surface area contributed by atoms with Crippen molar-refractivity contribution in [2.24, 2.45) is 23.7 Å². The van der Waals surface area contributed by atoms with Crippen LogP contribution in [0.2, 0.25) is 0 Å². The molecule has 4 bridgehead atoms. The molecule has 5 aliphatic carbocycles. The van der Waals surface area contributed by atoms with Gasteiger partial charge in [0.05, 0.1) is 22.1 Å². The van der Waals surface area contributed by atoms with Crippen molar-refractivity contribution < 1.29 is 0 Å². The number of rotatable bonds is 4. The minimum atomic E-state index is 0.120. The number of benzene rings is 9. The lowest BCUT2D eigenvalue weighted by Gasteiger charge is -2.61. The Balaban J connectivity index is 0.882. The van der Waals surface area contributed by atoms with Crippen LogP contribution >= 0.6 is 11.3 Å². The molecule has 17 rings (SSSR count). The number of para-hydroxylation sites is 1. The lowest BCUT2D eigenvalue weighted by Crippen LogP contribution is -2.55. The third-order valence-corrected chi connectivity index (χ3v) is 18.4. The fraction of sp³-hybridized carbons (Fsp3) is 0.156. The molecule has 0 unspecified atom stereocenters. The van der Waals surface area contributed by atoms with Crippen molar-refractivity contribution in [2.75, 3.05) is 0 Å². The lowest BCUT2D eigenvalue weighted by molar-refractivity contribution is -0.0399. The van der Waals surface area contributed by atoms with E-state index in [9.17, 15) is 0 Å². The van der Waals surface area contributed by atoms with Gasteiger partial charge in [-0.15, -0.1) is 11.3 Å². The highest BCUT2D eigenvalue weighted by atomic mass is 32.1. The summed E-state index contributed by atoms with van der Waals surface area (Å²) in [5, 5.41) is 7.78. The maximum Gasteiger partial charge on any atom is 0.0541 e. The van der Waals surface area contributed by atoms with Crippen LogP contribution < -0.4 is 0 Å². The molecule has 0 saturated heterocycles. The fourth-order valence-electron chi connectivity index (χ4n) is 14.9. The van der Waals surface area contributed by atoms with Gasteiger partial charge in [-0.05, 0) is 179 Å². The van der Waals surface area contributed by atoms with Gasteiger partial charge >= 0.3 is 0 Å². The van der Waals surface area contributed by atoms with E-state index in [0.29, 0.717) is 0 Å². The third kappa shape index (κ3) is 5.00. The van der Waals surface area contributed by atoms with Crippen LogP contribution in [0.15, 0.2) is 194 Å². The zero-order valence-corrected chi connectivity index (χ0v) is 37.9. The molecule has 0 atom stereocenters. The molecule has 5 aliphatic rings. The summed E-state index contributed by atoms with van der Waals surface area (Å²) < 4.78 is 7.71. The van der Waals surface area contributed by atoms with Crippen molar-refractivity contribution in [3.8, 4) is 44.8 Å². The molecule has 3 aromatic heterocycles. The van der Waals surface area contributed by atoms with Gasteiger partial charge in [-0.1, -0.05) is 115 Å². The van der Waals surface area contributed by atoms with Crippen molar-refractivity contribution >= 4 is 75.1 Å². The maximum absolute atomic E-state index is 2.65. The number of hydrogen-bond acceptors (Lipinski definition) is 1. The Hall–Kier alpha value is -7.20. The smallest absolute Gasteiger partial charge is 0.0541 e. The first-order valence-corrected chi connectivity index (χ1v) is 25.3. The Bertz CT molecular complexity index is 4040. The predicted octanol–water partition coefficient (Wildman–Crippen LogP) is 17.3. The topological polar surface area (TPSA) is 9.86 Å². The van der Waals surface area contributed by atoms with E-state index >= 15 is 0 Å². The summed E-state index contributed by atoms with van der Waals surface area (Å²) in [6.45, 7) is 0. The Morgan fingerprint density at radius 2 is 0.866 bits per heavy atom. The normalized spacial score (nSPS) is 21.5. The Morgan fingerprint density at radius 1 is 0.343 bits per heavy atom. The standard InChI is InChI=1S/C64H46N2S/c1-2-10-40(11-3-1)41-18-24-60-53(33-41)54-35-43(42-19-25-59-52(34-42)50-13-5-8-16-58(50)65(59)46-22-27-63-55(36-46)51-14-6-9-17-62(51)67-63)20-26-61(54)66(60)47-21-23-49-48-12-4-7-15-56(48)64(57(49)37-47)44-29-38-28-39(31-44)32-45(64)30-38/h1-27,33-39,44-45H,28-32H2. The molecule has 12 aromatic rings. The van der Waals surface area contributed by atoms with Crippen molar-refractivity contribution in [1.82, 2.24) is 9.13 Å². The second-order valence-electron chi connectivity index (χ2n) is 20.5. The Morgan fingerprint density at radius 3 is 1.58 bits per heavy atom. The molecule has 3 heterocycles. The molecule has 2 nitrogen and oxygen atoms in total. The summed E-state index contributed by atoms with van der Waals surface area (Å²) in [5.41, 5.74) is 18.7. The molecule has 4 saturated carbocycles. The minimum Gasteiger partial charge on any atom is -0.309 e. The molecule has 0 radical (unpaired) electrons.